The Labute approximate surface area is 125 Å². The minimum atomic E-state index is -4.45. The number of halogens is 3. The first-order valence-electron chi connectivity index (χ1n) is 7.00. The van der Waals surface area contributed by atoms with Crippen LogP contribution in [0.3, 0.4) is 0 Å². The number of aryl methyl sites for hydroxylation is 1. The first-order valence-corrected chi connectivity index (χ1v) is 7.00. The van der Waals surface area contributed by atoms with Gasteiger partial charge in [0.05, 0.1) is 12.1 Å². The van der Waals surface area contributed by atoms with Crippen LogP contribution in [-0.4, -0.2) is 21.9 Å². The number of aliphatic hydroxyl groups is 1. The van der Waals surface area contributed by atoms with Crippen molar-refractivity contribution in [3.05, 3.63) is 52.8 Å². The highest BCUT2D eigenvalue weighted by molar-refractivity contribution is 5.39. The Balaban J connectivity index is 1.77. The molecule has 0 aliphatic heterocycles. The van der Waals surface area contributed by atoms with Gasteiger partial charge in [-0.25, -0.2) is 0 Å². The van der Waals surface area contributed by atoms with Gasteiger partial charge in [0.15, 0.2) is 5.69 Å². The Morgan fingerprint density at radius 3 is 2.77 bits per heavy atom. The quantitative estimate of drug-likeness (QED) is 0.812. The molecule has 1 aromatic carbocycles. The molecule has 0 saturated heterocycles. The molecule has 7 heteroatoms. The fourth-order valence-corrected chi connectivity index (χ4v) is 2.95. The van der Waals surface area contributed by atoms with Gasteiger partial charge in [0.25, 0.3) is 0 Å². The third-order valence-electron chi connectivity index (χ3n) is 4.16. The maximum absolute atomic E-state index is 12.5. The van der Waals surface area contributed by atoms with Crippen molar-refractivity contribution in [1.82, 2.24) is 15.5 Å². The Morgan fingerprint density at radius 2 is 2.09 bits per heavy atom. The van der Waals surface area contributed by atoms with Gasteiger partial charge in [0.2, 0.25) is 0 Å². The lowest BCUT2D eigenvalue weighted by Crippen LogP contribution is -2.43. The van der Waals surface area contributed by atoms with Crippen molar-refractivity contribution in [3.8, 4) is 0 Å². The average Bonchev–Trinajstić information content (AvgIpc) is 3.10. The molecule has 1 atom stereocenters. The van der Waals surface area contributed by atoms with Crippen LogP contribution >= 0.6 is 0 Å². The number of aromatic nitrogens is 2. The molecule has 0 saturated carbocycles. The SMILES string of the molecule is OCC1(NCc2cc(C(F)(F)F)n[nH]2)CCc2ccccc21. The second-order valence-corrected chi connectivity index (χ2v) is 5.53. The Bertz CT molecular complexity index is 668. The molecular formula is C15H16F3N3O. The second kappa shape index (κ2) is 5.40. The van der Waals surface area contributed by atoms with E-state index in [4.69, 9.17) is 0 Å². The summed E-state index contributed by atoms with van der Waals surface area (Å²) in [5, 5.41) is 18.7. The lowest BCUT2D eigenvalue weighted by Gasteiger charge is -2.29. The number of nitrogens with one attached hydrogen (secondary N) is 2. The topological polar surface area (TPSA) is 60.9 Å². The number of nitrogens with zero attached hydrogens (tertiary/aromatic N) is 1. The number of benzene rings is 1. The number of aromatic amines is 1. The van der Waals surface area contributed by atoms with E-state index >= 15 is 0 Å². The van der Waals surface area contributed by atoms with Gasteiger partial charge in [-0.2, -0.15) is 18.3 Å². The van der Waals surface area contributed by atoms with Crippen LogP contribution in [0.4, 0.5) is 13.2 Å². The minimum Gasteiger partial charge on any atom is -0.394 e. The van der Waals surface area contributed by atoms with E-state index in [9.17, 15) is 18.3 Å². The number of fused-ring (bicyclic) bond motifs is 1. The molecule has 1 unspecified atom stereocenters. The Hall–Kier alpha value is -1.86. The Kier molecular flexibility index (Phi) is 3.70. The van der Waals surface area contributed by atoms with Crippen molar-refractivity contribution < 1.29 is 18.3 Å². The minimum absolute atomic E-state index is 0.107. The molecule has 4 nitrogen and oxygen atoms in total. The van der Waals surface area contributed by atoms with E-state index in [1.165, 1.54) is 0 Å². The molecule has 2 aromatic rings. The maximum atomic E-state index is 12.5. The molecule has 118 valence electrons. The molecule has 1 aliphatic carbocycles. The average molecular weight is 311 g/mol. The zero-order chi connectivity index (χ0) is 15.8. The summed E-state index contributed by atoms with van der Waals surface area (Å²) in [7, 11) is 0. The van der Waals surface area contributed by atoms with Crippen LogP contribution in [0.2, 0.25) is 0 Å². The number of hydrogen-bond donors (Lipinski definition) is 3. The molecule has 3 N–H and O–H groups in total. The normalized spacial score (nSPS) is 21.1. The zero-order valence-corrected chi connectivity index (χ0v) is 11.7. The molecule has 3 rings (SSSR count). The predicted molar refractivity (Wildman–Crippen MR) is 74.0 cm³/mol. The molecule has 0 fully saturated rings. The summed E-state index contributed by atoms with van der Waals surface area (Å²) >= 11 is 0. The van der Waals surface area contributed by atoms with Crippen molar-refractivity contribution in [3.63, 3.8) is 0 Å². The third kappa shape index (κ3) is 2.62. The summed E-state index contributed by atoms with van der Waals surface area (Å²) in [6, 6.07) is 8.77. The highest BCUT2D eigenvalue weighted by Crippen LogP contribution is 2.36. The van der Waals surface area contributed by atoms with Crippen molar-refractivity contribution in [2.24, 2.45) is 0 Å². The number of hydrogen-bond acceptors (Lipinski definition) is 3. The Morgan fingerprint density at radius 1 is 1.32 bits per heavy atom. The van der Waals surface area contributed by atoms with E-state index in [1.54, 1.807) is 0 Å². The molecule has 1 aliphatic rings. The van der Waals surface area contributed by atoms with Crippen molar-refractivity contribution in [2.75, 3.05) is 6.61 Å². The lowest BCUT2D eigenvalue weighted by atomic mass is 9.92. The summed E-state index contributed by atoms with van der Waals surface area (Å²) in [4.78, 5) is 0. The number of aliphatic hydroxyl groups excluding tert-OH is 1. The fraction of sp³-hybridized carbons (Fsp3) is 0.400. The van der Waals surface area contributed by atoms with E-state index < -0.39 is 17.4 Å². The van der Waals surface area contributed by atoms with Crippen molar-refractivity contribution in [2.45, 2.75) is 31.1 Å². The molecule has 0 radical (unpaired) electrons. The van der Waals surface area contributed by atoms with E-state index in [-0.39, 0.29) is 13.2 Å². The van der Waals surface area contributed by atoms with E-state index in [1.807, 2.05) is 24.3 Å². The first-order chi connectivity index (χ1) is 10.4. The largest absolute Gasteiger partial charge is 0.435 e. The van der Waals surface area contributed by atoms with Gasteiger partial charge in [-0.1, -0.05) is 24.3 Å². The van der Waals surface area contributed by atoms with Crippen LogP contribution in [-0.2, 0) is 24.7 Å². The summed E-state index contributed by atoms with van der Waals surface area (Å²) in [6.07, 6.45) is -2.91. The van der Waals surface area contributed by atoms with Gasteiger partial charge in [-0.15, -0.1) is 0 Å². The monoisotopic (exact) mass is 311 g/mol. The number of alkyl halides is 3. The summed E-state index contributed by atoms with van der Waals surface area (Å²) in [5.74, 6) is 0. The van der Waals surface area contributed by atoms with Gasteiger partial charge in [0, 0.05) is 12.2 Å². The molecule has 1 heterocycles. The molecule has 0 amide bonds. The number of H-pyrrole nitrogens is 1. The van der Waals surface area contributed by atoms with Gasteiger partial charge < -0.3 is 5.11 Å². The van der Waals surface area contributed by atoms with Gasteiger partial charge >= 0.3 is 6.18 Å². The van der Waals surface area contributed by atoms with Gasteiger partial charge in [-0.05, 0) is 30.0 Å². The molecular weight excluding hydrogens is 295 g/mol. The smallest absolute Gasteiger partial charge is 0.394 e. The van der Waals surface area contributed by atoms with Crippen LogP contribution in [0.15, 0.2) is 30.3 Å². The summed E-state index contributed by atoms with van der Waals surface area (Å²) < 4.78 is 37.6. The van der Waals surface area contributed by atoms with Crippen LogP contribution in [0.5, 0.6) is 0 Å². The first kappa shape index (κ1) is 15.1. The maximum Gasteiger partial charge on any atom is 0.435 e. The predicted octanol–water partition coefficient (Wildman–Crippen LogP) is 2.35. The molecule has 0 bridgehead atoms. The second-order valence-electron chi connectivity index (χ2n) is 5.53. The van der Waals surface area contributed by atoms with Crippen LogP contribution in [0.25, 0.3) is 0 Å². The van der Waals surface area contributed by atoms with E-state index in [2.05, 4.69) is 15.5 Å². The molecule has 22 heavy (non-hydrogen) atoms. The van der Waals surface area contributed by atoms with Crippen LogP contribution < -0.4 is 5.32 Å². The van der Waals surface area contributed by atoms with Crippen LogP contribution in [0.1, 0.15) is 28.9 Å². The summed E-state index contributed by atoms with van der Waals surface area (Å²) in [5.41, 5.74) is 0.955. The van der Waals surface area contributed by atoms with Gasteiger partial charge in [-0.3, -0.25) is 10.4 Å². The number of rotatable bonds is 4. The highest BCUT2D eigenvalue weighted by Gasteiger charge is 2.38. The van der Waals surface area contributed by atoms with Gasteiger partial charge in [0.1, 0.15) is 0 Å². The van der Waals surface area contributed by atoms with Crippen LogP contribution in [0, 0.1) is 0 Å². The zero-order valence-electron chi connectivity index (χ0n) is 11.7. The standard InChI is InChI=1S/C15H16F3N3O/c16-15(17,18)13-7-11(20-21-13)8-19-14(9-22)6-5-10-3-1-2-4-12(10)14/h1-4,7,19,22H,5-6,8-9H2,(H,20,21). The summed E-state index contributed by atoms with van der Waals surface area (Å²) in [6.45, 7) is 0.0717. The lowest BCUT2D eigenvalue weighted by molar-refractivity contribution is -0.141. The van der Waals surface area contributed by atoms with Crippen molar-refractivity contribution in [1.29, 1.82) is 0 Å². The third-order valence-corrected chi connectivity index (χ3v) is 4.16. The molecule has 1 aromatic heterocycles. The highest BCUT2D eigenvalue weighted by atomic mass is 19.4. The molecule has 0 spiro atoms. The van der Waals surface area contributed by atoms with Crippen molar-refractivity contribution >= 4 is 0 Å². The van der Waals surface area contributed by atoms with E-state index in [0.717, 1.165) is 23.6 Å². The fourth-order valence-electron chi connectivity index (χ4n) is 2.95. The van der Waals surface area contributed by atoms with E-state index in [0.29, 0.717) is 12.1 Å².